The SMILES string of the molecule is CC(=O)O[C@@H]1[C@H](OC(C)=O)[C@@H](NC(=O)OC(C)(C)C)CCC(=O)[C@H]1C[Si](C)(C)c1ccccc1. The molecule has 0 bridgehead atoms. The molecule has 0 aromatic heterocycles. The summed E-state index contributed by atoms with van der Waals surface area (Å²) in [7, 11) is -2.14. The molecule has 2 rings (SSSR count). The number of hydrogen-bond donors (Lipinski definition) is 1. The summed E-state index contributed by atoms with van der Waals surface area (Å²) in [6.45, 7) is 12.0. The molecule has 1 aliphatic rings. The van der Waals surface area contributed by atoms with Gasteiger partial charge in [-0.05, 0) is 33.2 Å². The second kappa shape index (κ2) is 11.2. The number of hydrogen-bond acceptors (Lipinski definition) is 7. The van der Waals surface area contributed by atoms with Crippen LogP contribution in [0, 0.1) is 5.92 Å². The molecule has 1 saturated carbocycles. The van der Waals surface area contributed by atoms with Gasteiger partial charge < -0.3 is 19.5 Å². The van der Waals surface area contributed by atoms with E-state index >= 15 is 0 Å². The van der Waals surface area contributed by atoms with E-state index in [-0.39, 0.29) is 18.6 Å². The summed E-state index contributed by atoms with van der Waals surface area (Å²) in [5.41, 5.74) is -0.731. The van der Waals surface area contributed by atoms with E-state index in [1.807, 2.05) is 30.3 Å². The van der Waals surface area contributed by atoms with E-state index in [0.29, 0.717) is 6.04 Å². The number of amides is 1. The Labute approximate surface area is 202 Å². The average Bonchev–Trinajstić information content (AvgIpc) is 2.80. The molecule has 34 heavy (non-hydrogen) atoms. The van der Waals surface area contributed by atoms with Gasteiger partial charge >= 0.3 is 18.0 Å². The molecule has 4 atom stereocenters. The number of ketones is 1. The van der Waals surface area contributed by atoms with Crippen LogP contribution < -0.4 is 10.5 Å². The maximum absolute atomic E-state index is 13.4. The third-order valence-electron chi connectivity index (χ3n) is 5.82. The highest BCUT2D eigenvalue weighted by molar-refractivity contribution is 6.90. The first-order valence-corrected chi connectivity index (χ1v) is 14.8. The van der Waals surface area contributed by atoms with Gasteiger partial charge in [0.15, 0.2) is 6.10 Å². The topological polar surface area (TPSA) is 108 Å². The minimum absolute atomic E-state index is 0.0756. The molecule has 1 aromatic carbocycles. The summed E-state index contributed by atoms with van der Waals surface area (Å²) < 4.78 is 16.6. The maximum atomic E-state index is 13.4. The molecule has 8 nitrogen and oxygen atoms in total. The Hall–Kier alpha value is -2.68. The molecule has 9 heteroatoms. The van der Waals surface area contributed by atoms with Crippen LogP contribution in [0.25, 0.3) is 0 Å². The molecular weight excluding hydrogens is 454 g/mol. The van der Waals surface area contributed by atoms with Gasteiger partial charge in [0, 0.05) is 20.3 Å². The molecule has 1 amide bonds. The van der Waals surface area contributed by atoms with Crippen molar-refractivity contribution < 1.29 is 33.4 Å². The first-order chi connectivity index (χ1) is 15.7. The van der Waals surface area contributed by atoms with E-state index in [1.54, 1.807) is 20.8 Å². The first-order valence-electron chi connectivity index (χ1n) is 11.6. The summed E-state index contributed by atoms with van der Waals surface area (Å²) >= 11 is 0. The van der Waals surface area contributed by atoms with Gasteiger partial charge in [0.05, 0.1) is 20.0 Å². The number of esters is 2. The van der Waals surface area contributed by atoms with Crippen LogP contribution in [0.2, 0.25) is 19.1 Å². The predicted octanol–water partition coefficient (Wildman–Crippen LogP) is 3.34. The standard InChI is InChI=1S/C25H37NO7Si/c1-16(27)31-22-19(15-34(6,7)18-11-9-8-10-12-18)21(29)14-13-20(23(22)32-17(2)28)26-24(30)33-25(3,4)5/h8-12,19-20,22-23H,13-15H2,1-7H3,(H,26,30)/t19-,20+,22+,23-/m1/s1. The molecule has 0 radical (unpaired) electrons. The fraction of sp³-hybridized carbons (Fsp3) is 0.600. The lowest BCUT2D eigenvalue weighted by molar-refractivity contribution is -0.172. The van der Waals surface area contributed by atoms with E-state index in [2.05, 4.69) is 18.4 Å². The first kappa shape index (κ1) is 27.6. The summed E-state index contributed by atoms with van der Waals surface area (Å²) in [6, 6.07) is 9.71. The van der Waals surface area contributed by atoms with Gasteiger partial charge in [-0.25, -0.2) is 4.79 Å². The molecule has 1 aliphatic carbocycles. The monoisotopic (exact) mass is 491 g/mol. The van der Waals surface area contributed by atoms with Crippen LogP contribution in [0.3, 0.4) is 0 Å². The summed E-state index contributed by atoms with van der Waals surface area (Å²) in [5, 5.41) is 3.91. The molecule has 0 aliphatic heterocycles. The van der Waals surface area contributed by atoms with Crippen LogP contribution in [0.15, 0.2) is 30.3 Å². The lowest BCUT2D eigenvalue weighted by Gasteiger charge is -2.36. The summed E-state index contributed by atoms with van der Waals surface area (Å²) in [5.74, 6) is -1.92. The normalized spacial score (nSPS) is 23.4. The number of ether oxygens (including phenoxy) is 3. The van der Waals surface area contributed by atoms with Crippen LogP contribution in [-0.2, 0) is 28.6 Å². The van der Waals surface area contributed by atoms with Gasteiger partial charge in [-0.2, -0.15) is 0 Å². The highest BCUT2D eigenvalue weighted by Gasteiger charge is 2.48. The third-order valence-corrected chi connectivity index (χ3v) is 9.18. The molecule has 0 heterocycles. The third kappa shape index (κ3) is 7.97. The van der Waals surface area contributed by atoms with Crippen LogP contribution in [-0.4, -0.2) is 55.7 Å². The number of Topliss-reactive ketones (excluding diaryl/α,β-unsaturated/α-hetero) is 1. The number of rotatable bonds is 6. The molecule has 0 unspecified atom stereocenters. The Morgan fingerprint density at radius 2 is 1.56 bits per heavy atom. The van der Waals surface area contributed by atoms with Gasteiger partial charge in [0.25, 0.3) is 0 Å². The Morgan fingerprint density at radius 3 is 2.09 bits per heavy atom. The fourth-order valence-electron chi connectivity index (χ4n) is 4.37. The largest absolute Gasteiger partial charge is 0.458 e. The smallest absolute Gasteiger partial charge is 0.408 e. The highest BCUT2D eigenvalue weighted by atomic mass is 28.3. The molecule has 0 saturated heterocycles. The van der Waals surface area contributed by atoms with Crippen LogP contribution in [0.4, 0.5) is 4.79 Å². The molecular formula is C25H37NO7Si. The second-order valence-corrected chi connectivity index (χ2v) is 15.2. The Morgan fingerprint density at radius 1 is 1.00 bits per heavy atom. The summed E-state index contributed by atoms with van der Waals surface area (Å²) in [6.07, 6.45) is -2.35. The number of carbonyl (C=O) groups is 4. The highest BCUT2D eigenvalue weighted by Crippen LogP contribution is 2.33. The molecule has 0 spiro atoms. The van der Waals surface area contributed by atoms with E-state index in [9.17, 15) is 19.2 Å². The van der Waals surface area contributed by atoms with Crippen LogP contribution in [0.5, 0.6) is 0 Å². The van der Waals surface area contributed by atoms with Crippen molar-refractivity contribution in [3.05, 3.63) is 30.3 Å². The van der Waals surface area contributed by atoms with Crippen molar-refractivity contribution in [3.63, 3.8) is 0 Å². The Kier molecular flexibility index (Phi) is 9.05. The second-order valence-electron chi connectivity index (χ2n) is 10.5. The zero-order valence-corrected chi connectivity index (χ0v) is 22.2. The average molecular weight is 492 g/mol. The zero-order chi connectivity index (χ0) is 25.7. The molecule has 1 N–H and O–H groups in total. The number of nitrogens with one attached hydrogen (secondary N) is 1. The van der Waals surface area contributed by atoms with Crippen molar-refractivity contribution in [2.45, 2.75) is 90.4 Å². The van der Waals surface area contributed by atoms with Crippen LogP contribution >= 0.6 is 0 Å². The quantitative estimate of drug-likeness (QED) is 0.281. The molecule has 1 aromatic rings. The fourth-order valence-corrected chi connectivity index (χ4v) is 7.26. The van der Waals surface area contributed by atoms with Crippen molar-refractivity contribution in [1.29, 1.82) is 0 Å². The van der Waals surface area contributed by atoms with E-state index in [0.717, 1.165) is 0 Å². The Bertz CT molecular complexity index is 894. The van der Waals surface area contributed by atoms with Crippen molar-refractivity contribution in [3.8, 4) is 0 Å². The van der Waals surface area contributed by atoms with Gasteiger partial charge in [-0.1, -0.05) is 48.6 Å². The minimum Gasteiger partial charge on any atom is -0.458 e. The number of benzene rings is 1. The molecule has 1 fully saturated rings. The zero-order valence-electron chi connectivity index (χ0n) is 21.2. The minimum atomic E-state index is -2.14. The van der Waals surface area contributed by atoms with Gasteiger partial charge in [-0.3, -0.25) is 14.4 Å². The maximum Gasteiger partial charge on any atom is 0.408 e. The summed E-state index contributed by atoms with van der Waals surface area (Å²) in [4.78, 5) is 50.0. The Balaban J connectivity index is 2.44. The van der Waals surface area contributed by atoms with Crippen LogP contribution in [0.1, 0.15) is 47.5 Å². The number of carbonyl (C=O) groups excluding carboxylic acids is 4. The van der Waals surface area contributed by atoms with Gasteiger partial charge in [-0.15, -0.1) is 0 Å². The molecule has 188 valence electrons. The number of alkyl carbamates (subject to hydrolysis) is 1. The lowest BCUT2D eigenvalue weighted by atomic mass is 9.95. The van der Waals surface area contributed by atoms with Crippen molar-refractivity contribution in [2.75, 3.05) is 0 Å². The van der Waals surface area contributed by atoms with Crippen molar-refractivity contribution in [1.82, 2.24) is 5.32 Å². The van der Waals surface area contributed by atoms with Crippen molar-refractivity contribution in [2.24, 2.45) is 5.92 Å². The van der Waals surface area contributed by atoms with E-state index in [4.69, 9.17) is 14.2 Å². The lowest BCUT2D eigenvalue weighted by Crippen LogP contribution is -2.55. The van der Waals surface area contributed by atoms with E-state index < -0.39 is 55.9 Å². The predicted molar refractivity (Wildman–Crippen MR) is 130 cm³/mol. The van der Waals surface area contributed by atoms with Gasteiger partial charge in [0.1, 0.15) is 17.5 Å². The van der Waals surface area contributed by atoms with Crippen molar-refractivity contribution >= 4 is 37.1 Å². The van der Waals surface area contributed by atoms with E-state index in [1.165, 1.54) is 19.0 Å². The van der Waals surface area contributed by atoms with Gasteiger partial charge in [0.2, 0.25) is 0 Å².